The molecule has 0 bridgehead atoms. The van der Waals surface area contributed by atoms with Crippen molar-refractivity contribution in [2.45, 2.75) is 17.6 Å². The third-order valence-corrected chi connectivity index (χ3v) is 6.03. The molecule has 1 aromatic heterocycles. The van der Waals surface area contributed by atoms with Crippen molar-refractivity contribution < 1.29 is 47.8 Å². The smallest absolute Gasteiger partial charge is 0.477 e. The summed E-state index contributed by atoms with van der Waals surface area (Å²) in [5.74, 6) is -5.03. The fraction of sp³-hybridized carbons (Fsp3) is 0.250. The summed E-state index contributed by atoms with van der Waals surface area (Å²) in [6.07, 6.45) is -3.69. The summed E-state index contributed by atoms with van der Waals surface area (Å²) in [5.41, 5.74) is 5.49. The zero-order valence-corrected chi connectivity index (χ0v) is 17.7. The van der Waals surface area contributed by atoms with Crippen LogP contribution in [0.2, 0.25) is 0 Å². The van der Waals surface area contributed by atoms with Crippen molar-refractivity contribution in [2.75, 3.05) is 11.5 Å². The second-order valence-corrected chi connectivity index (χ2v) is 8.06. The maximum absolute atomic E-state index is 12.4. The third-order valence-electron chi connectivity index (χ3n) is 4.06. The summed E-state index contributed by atoms with van der Waals surface area (Å²) >= 11 is 2.37. The van der Waals surface area contributed by atoms with E-state index in [1.165, 1.54) is 23.2 Å². The van der Waals surface area contributed by atoms with E-state index in [4.69, 9.17) is 20.8 Å². The minimum atomic E-state index is -5.08. The molecular formula is C16H14F3N5O7S2. The molecule has 6 N–H and O–H groups in total. The molecule has 33 heavy (non-hydrogen) atoms. The maximum atomic E-state index is 12.4. The SMILES string of the molecule is C=CC1=C(C(=O)O)N2C(=O)C(NC(=O)/C(=N\O)c3csc(N)n3)[C@@H]2SC1.O=C(O)C(F)(F)F. The number of oxime groups is 1. The van der Waals surface area contributed by atoms with Crippen LogP contribution in [0.3, 0.4) is 0 Å². The number of fused-ring (bicyclic) bond motifs is 1. The van der Waals surface area contributed by atoms with Gasteiger partial charge in [0.1, 0.15) is 22.8 Å². The van der Waals surface area contributed by atoms with Crippen molar-refractivity contribution in [2.24, 2.45) is 5.16 Å². The lowest BCUT2D eigenvalue weighted by Crippen LogP contribution is -2.71. The normalized spacial score (nSPS) is 20.2. The zero-order valence-electron chi connectivity index (χ0n) is 16.1. The lowest BCUT2D eigenvalue weighted by molar-refractivity contribution is -0.192. The Morgan fingerprint density at radius 3 is 2.39 bits per heavy atom. The van der Waals surface area contributed by atoms with Crippen molar-refractivity contribution in [3.8, 4) is 0 Å². The first kappa shape index (κ1) is 25.7. The molecule has 2 aliphatic heterocycles. The summed E-state index contributed by atoms with van der Waals surface area (Å²) < 4.78 is 31.7. The van der Waals surface area contributed by atoms with E-state index in [-0.39, 0.29) is 22.2 Å². The molecule has 2 atom stereocenters. The number of thiazole rings is 1. The quantitative estimate of drug-likeness (QED) is 0.161. The summed E-state index contributed by atoms with van der Waals surface area (Å²) in [4.78, 5) is 50.1. The number of aromatic nitrogens is 1. The van der Waals surface area contributed by atoms with Gasteiger partial charge in [-0.3, -0.25) is 14.5 Å². The van der Waals surface area contributed by atoms with Crippen LogP contribution in [-0.4, -0.2) is 78.1 Å². The highest BCUT2D eigenvalue weighted by atomic mass is 32.2. The predicted octanol–water partition coefficient (Wildman–Crippen LogP) is 0.462. The number of amides is 2. The highest BCUT2D eigenvalue weighted by Crippen LogP contribution is 2.40. The van der Waals surface area contributed by atoms with Crippen molar-refractivity contribution >= 4 is 57.7 Å². The molecule has 3 heterocycles. The van der Waals surface area contributed by atoms with Crippen molar-refractivity contribution in [3.05, 3.63) is 35.0 Å². The van der Waals surface area contributed by atoms with Gasteiger partial charge >= 0.3 is 18.1 Å². The van der Waals surface area contributed by atoms with Crippen molar-refractivity contribution in [1.29, 1.82) is 0 Å². The van der Waals surface area contributed by atoms with E-state index in [1.807, 2.05) is 0 Å². The van der Waals surface area contributed by atoms with Gasteiger partial charge in [-0.2, -0.15) is 13.2 Å². The van der Waals surface area contributed by atoms with E-state index in [2.05, 4.69) is 22.0 Å². The Labute approximate surface area is 190 Å². The average Bonchev–Trinajstić information content (AvgIpc) is 3.16. The first-order chi connectivity index (χ1) is 15.3. The molecule has 0 aromatic carbocycles. The largest absolute Gasteiger partial charge is 0.490 e. The van der Waals surface area contributed by atoms with Crippen molar-refractivity contribution in [1.82, 2.24) is 15.2 Å². The van der Waals surface area contributed by atoms with Crippen LogP contribution in [0.1, 0.15) is 5.69 Å². The number of carboxylic acid groups (broad SMARTS) is 2. The predicted molar refractivity (Wildman–Crippen MR) is 108 cm³/mol. The molecule has 1 saturated heterocycles. The molecule has 3 rings (SSSR count). The van der Waals surface area contributed by atoms with Gasteiger partial charge in [-0.1, -0.05) is 17.8 Å². The van der Waals surface area contributed by atoms with Crippen LogP contribution in [-0.2, 0) is 19.2 Å². The van der Waals surface area contributed by atoms with Crippen LogP contribution in [0.5, 0.6) is 0 Å². The molecule has 17 heteroatoms. The number of hydrogen-bond donors (Lipinski definition) is 5. The van der Waals surface area contributed by atoms with Crippen LogP contribution < -0.4 is 11.1 Å². The van der Waals surface area contributed by atoms with Gasteiger partial charge in [0.25, 0.3) is 11.8 Å². The van der Waals surface area contributed by atoms with E-state index in [9.17, 15) is 32.7 Å². The molecule has 12 nitrogen and oxygen atoms in total. The molecule has 1 aromatic rings. The molecule has 178 valence electrons. The van der Waals surface area contributed by atoms with Gasteiger partial charge in [0.15, 0.2) is 10.8 Å². The molecule has 0 radical (unpaired) electrons. The number of nitrogens with two attached hydrogens (primary N) is 1. The van der Waals surface area contributed by atoms with Gasteiger partial charge < -0.3 is 26.5 Å². The number of thioether (sulfide) groups is 1. The maximum Gasteiger partial charge on any atom is 0.490 e. The molecule has 2 aliphatic rings. The zero-order chi connectivity index (χ0) is 25.1. The van der Waals surface area contributed by atoms with Gasteiger partial charge in [-0.25, -0.2) is 14.6 Å². The fourth-order valence-corrected chi connectivity index (χ4v) is 4.51. The first-order valence-electron chi connectivity index (χ1n) is 8.41. The third kappa shape index (κ3) is 5.43. The van der Waals surface area contributed by atoms with Gasteiger partial charge in [0.2, 0.25) is 0 Å². The van der Waals surface area contributed by atoms with Gasteiger partial charge in [-0.15, -0.1) is 23.1 Å². The first-order valence-corrected chi connectivity index (χ1v) is 10.3. The minimum absolute atomic E-state index is 0.0764. The van der Waals surface area contributed by atoms with E-state index in [0.717, 1.165) is 16.2 Å². The minimum Gasteiger partial charge on any atom is -0.477 e. The highest BCUT2D eigenvalue weighted by molar-refractivity contribution is 8.00. The van der Waals surface area contributed by atoms with E-state index < -0.39 is 41.3 Å². The van der Waals surface area contributed by atoms with Gasteiger partial charge in [0.05, 0.1) is 0 Å². The van der Waals surface area contributed by atoms with Crippen LogP contribution in [0, 0.1) is 0 Å². The summed E-state index contributed by atoms with van der Waals surface area (Å²) in [7, 11) is 0. The number of nitrogen functional groups attached to an aromatic ring is 1. The molecule has 1 unspecified atom stereocenters. The number of halogens is 3. The number of aliphatic carboxylic acids is 2. The van der Waals surface area contributed by atoms with Gasteiger partial charge in [-0.05, 0) is 5.57 Å². The number of alkyl halides is 3. The Bertz CT molecular complexity index is 1070. The second-order valence-electron chi connectivity index (χ2n) is 6.07. The van der Waals surface area contributed by atoms with Crippen molar-refractivity contribution in [3.63, 3.8) is 0 Å². The standard InChI is InChI=1S/C14H13N5O5S2.C2HF3O2/c1-2-5-3-25-12-8(11(21)19(12)9(5)13(22)23)17-10(20)7(18-24)6-4-26-14(15)16-6;3-2(4,5)1(6)7/h2,4,8,12,24H,1,3H2,(H2,15,16)(H,17,20)(H,22,23);(H,6,7)/b18-7-;/t8?,12-;/m0./s1. The number of nitrogens with zero attached hydrogens (tertiary/aromatic N) is 3. The number of carbonyl (C=O) groups excluding carboxylic acids is 2. The van der Waals surface area contributed by atoms with Gasteiger partial charge in [0, 0.05) is 11.1 Å². The monoisotopic (exact) mass is 509 g/mol. The topological polar surface area (TPSA) is 196 Å². The van der Waals surface area contributed by atoms with Crippen LogP contribution >= 0.6 is 23.1 Å². The summed E-state index contributed by atoms with van der Waals surface area (Å²) in [5, 5.41) is 32.0. The Balaban J connectivity index is 0.000000479. The lowest BCUT2D eigenvalue weighted by Gasteiger charge is -2.49. The number of hydrogen-bond acceptors (Lipinski definition) is 10. The van der Waals surface area contributed by atoms with E-state index in [1.54, 1.807) is 0 Å². The molecule has 0 saturated carbocycles. The highest BCUT2D eigenvalue weighted by Gasteiger charge is 2.54. The number of β-lactam (4-membered cyclic amide) rings is 1. The van der Waals surface area contributed by atoms with Crippen LogP contribution in [0.4, 0.5) is 18.3 Å². The number of carbonyl (C=O) groups is 4. The lowest BCUT2D eigenvalue weighted by atomic mass is 10.0. The molecule has 2 amide bonds. The average molecular weight is 509 g/mol. The van der Waals surface area contributed by atoms with Crippen LogP contribution in [0.15, 0.2) is 34.5 Å². The Hall–Kier alpha value is -3.60. The number of nitrogens with one attached hydrogen (secondary N) is 1. The summed E-state index contributed by atoms with van der Waals surface area (Å²) in [6, 6.07) is -0.944. The number of anilines is 1. The summed E-state index contributed by atoms with van der Waals surface area (Å²) in [6.45, 7) is 3.56. The number of rotatable bonds is 5. The van der Waals surface area contributed by atoms with E-state index >= 15 is 0 Å². The molecule has 1 fully saturated rings. The molecular weight excluding hydrogens is 495 g/mol. The van der Waals surface area contributed by atoms with E-state index in [0.29, 0.717) is 11.3 Å². The number of carboxylic acids is 2. The fourth-order valence-electron chi connectivity index (χ4n) is 2.62. The number of allylic oxidation sites excluding steroid dienone is 1. The Morgan fingerprint density at radius 1 is 1.36 bits per heavy atom. The molecule has 0 aliphatic carbocycles. The Morgan fingerprint density at radius 2 is 1.97 bits per heavy atom. The molecule has 0 spiro atoms. The second kappa shape index (κ2) is 9.90. The Kier molecular flexibility index (Phi) is 7.70. The van der Waals surface area contributed by atoms with Crippen LogP contribution in [0.25, 0.3) is 0 Å².